The largest absolute Gasteiger partial charge is 0.497 e. The normalized spacial score (nSPS) is 10.5. The van der Waals surface area contributed by atoms with E-state index in [9.17, 15) is 0 Å². The van der Waals surface area contributed by atoms with Gasteiger partial charge >= 0.3 is 0 Å². The van der Waals surface area contributed by atoms with Gasteiger partial charge in [0.15, 0.2) is 0 Å². The minimum atomic E-state index is 0.746. The maximum absolute atomic E-state index is 5.97. The minimum absolute atomic E-state index is 0.746. The average molecular weight is 451 g/mol. The molecule has 3 nitrogen and oxygen atoms in total. The second-order valence-corrected chi connectivity index (χ2v) is 7.00. The molecule has 0 amide bonds. The molecular weight excluding hydrogens is 435 g/mol. The summed E-state index contributed by atoms with van der Waals surface area (Å²) < 4.78 is 6.30. The zero-order valence-corrected chi connectivity index (χ0v) is 16.0. The molecule has 0 aliphatic heterocycles. The van der Waals surface area contributed by atoms with Crippen molar-refractivity contribution in [2.24, 2.45) is 0 Å². The third-order valence-corrected chi connectivity index (χ3v) is 4.44. The zero-order chi connectivity index (χ0) is 16.9. The summed E-state index contributed by atoms with van der Waals surface area (Å²) in [5.74, 6) is 1.69. The smallest absolute Gasteiger partial charge is 0.133 e. The number of halogens is 2. The monoisotopic (exact) mass is 450 g/mol. The van der Waals surface area contributed by atoms with E-state index in [4.69, 9.17) is 16.3 Å². The number of aromatic nitrogens is 1. The number of methoxy groups -OCH3 is 1. The summed E-state index contributed by atoms with van der Waals surface area (Å²) in [6.45, 7) is 0. The first-order chi connectivity index (χ1) is 11.6. The molecule has 122 valence electrons. The number of pyridine rings is 1. The van der Waals surface area contributed by atoms with Gasteiger partial charge in [0.2, 0.25) is 0 Å². The summed E-state index contributed by atoms with van der Waals surface area (Å²) in [7, 11) is 1.66. The summed E-state index contributed by atoms with van der Waals surface area (Å²) in [6.07, 6.45) is 2.65. The van der Waals surface area contributed by atoms with Crippen LogP contribution in [0.25, 0.3) is 0 Å². The minimum Gasteiger partial charge on any atom is -0.497 e. The topological polar surface area (TPSA) is 34.1 Å². The standard InChI is InChI=1S/C19H16ClIN2O/c1-24-18-8-6-17(7-9-18)23-19-14(11-16(21)12-22-19)10-13-2-4-15(20)5-3-13/h2-9,11-12H,10H2,1H3,(H,22,23). The number of nitrogens with one attached hydrogen (secondary N) is 1. The Morgan fingerprint density at radius 3 is 2.46 bits per heavy atom. The van der Waals surface area contributed by atoms with Crippen LogP contribution in [0.4, 0.5) is 11.5 Å². The quantitative estimate of drug-likeness (QED) is 0.508. The Kier molecular flexibility index (Phi) is 5.58. The second-order valence-electron chi connectivity index (χ2n) is 5.32. The molecule has 0 aliphatic carbocycles. The molecule has 2 aromatic carbocycles. The van der Waals surface area contributed by atoms with Crippen LogP contribution in [-0.2, 0) is 6.42 Å². The lowest BCUT2D eigenvalue weighted by molar-refractivity contribution is 0.415. The van der Waals surface area contributed by atoms with Gasteiger partial charge < -0.3 is 10.1 Å². The van der Waals surface area contributed by atoms with Crippen molar-refractivity contribution in [1.29, 1.82) is 0 Å². The van der Waals surface area contributed by atoms with Crippen LogP contribution in [0.2, 0.25) is 5.02 Å². The summed E-state index contributed by atoms with van der Waals surface area (Å²) in [5, 5.41) is 4.13. The molecule has 0 saturated carbocycles. The first-order valence-corrected chi connectivity index (χ1v) is 8.89. The fourth-order valence-corrected chi connectivity index (χ4v) is 3.00. The number of anilines is 2. The molecule has 1 heterocycles. The van der Waals surface area contributed by atoms with Gasteiger partial charge in [-0.1, -0.05) is 23.7 Å². The van der Waals surface area contributed by atoms with E-state index in [1.165, 1.54) is 5.56 Å². The lowest BCUT2D eigenvalue weighted by Gasteiger charge is -2.12. The van der Waals surface area contributed by atoms with Gasteiger partial charge in [0.1, 0.15) is 11.6 Å². The molecule has 0 spiro atoms. The summed E-state index contributed by atoms with van der Waals surface area (Å²) in [6, 6.07) is 17.9. The molecule has 24 heavy (non-hydrogen) atoms. The Morgan fingerprint density at radius 1 is 1.08 bits per heavy atom. The maximum Gasteiger partial charge on any atom is 0.133 e. The van der Waals surface area contributed by atoms with Gasteiger partial charge in [0.25, 0.3) is 0 Å². The Hall–Kier alpha value is -1.79. The molecule has 0 aliphatic rings. The van der Waals surface area contributed by atoms with Gasteiger partial charge in [-0.2, -0.15) is 0 Å². The molecule has 1 N–H and O–H groups in total. The van der Waals surface area contributed by atoms with Gasteiger partial charge in [-0.15, -0.1) is 0 Å². The molecule has 3 rings (SSSR count). The van der Waals surface area contributed by atoms with Crippen molar-refractivity contribution < 1.29 is 4.74 Å². The Labute approximate surface area is 160 Å². The summed E-state index contributed by atoms with van der Waals surface area (Å²) in [5.41, 5.74) is 3.31. The van der Waals surface area contributed by atoms with E-state index in [-0.39, 0.29) is 0 Å². The van der Waals surface area contributed by atoms with Crippen LogP contribution < -0.4 is 10.1 Å². The van der Waals surface area contributed by atoms with E-state index in [1.807, 2.05) is 54.7 Å². The van der Waals surface area contributed by atoms with Gasteiger partial charge in [-0.3, -0.25) is 0 Å². The van der Waals surface area contributed by atoms with Crippen molar-refractivity contribution >= 4 is 45.7 Å². The van der Waals surface area contributed by atoms with E-state index in [0.717, 1.165) is 37.8 Å². The van der Waals surface area contributed by atoms with E-state index in [2.05, 4.69) is 39.0 Å². The fourth-order valence-electron chi connectivity index (χ4n) is 2.36. The van der Waals surface area contributed by atoms with E-state index in [1.54, 1.807) is 7.11 Å². The Balaban J connectivity index is 1.85. The van der Waals surface area contributed by atoms with Crippen molar-refractivity contribution in [3.63, 3.8) is 0 Å². The fraction of sp³-hybridized carbons (Fsp3) is 0.105. The van der Waals surface area contributed by atoms with E-state index in [0.29, 0.717) is 0 Å². The lowest BCUT2D eigenvalue weighted by atomic mass is 10.1. The number of benzene rings is 2. The second kappa shape index (κ2) is 7.85. The van der Waals surface area contributed by atoms with Crippen LogP contribution in [0.5, 0.6) is 5.75 Å². The van der Waals surface area contributed by atoms with Gasteiger partial charge in [-0.05, 0) is 70.6 Å². The first-order valence-electron chi connectivity index (χ1n) is 7.44. The molecular formula is C19H16ClIN2O. The highest BCUT2D eigenvalue weighted by atomic mass is 127. The number of ether oxygens (including phenoxy) is 1. The molecule has 1 aromatic heterocycles. The number of hydrogen-bond donors (Lipinski definition) is 1. The first kappa shape index (κ1) is 17.0. The van der Waals surface area contributed by atoms with Crippen LogP contribution in [-0.4, -0.2) is 12.1 Å². The third-order valence-electron chi connectivity index (χ3n) is 3.59. The van der Waals surface area contributed by atoms with Crippen LogP contribution in [0.15, 0.2) is 60.8 Å². The molecule has 0 radical (unpaired) electrons. The van der Waals surface area contributed by atoms with Crippen LogP contribution >= 0.6 is 34.2 Å². The lowest BCUT2D eigenvalue weighted by Crippen LogP contribution is -2.01. The van der Waals surface area contributed by atoms with Crippen LogP contribution in [0.1, 0.15) is 11.1 Å². The number of nitrogens with zero attached hydrogens (tertiary/aromatic N) is 1. The molecule has 5 heteroatoms. The SMILES string of the molecule is COc1ccc(Nc2ncc(I)cc2Cc2ccc(Cl)cc2)cc1. The van der Waals surface area contributed by atoms with E-state index < -0.39 is 0 Å². The Morgan fingerprint density at radius 2 is 1.79 bits per heavy atom. The van der Waals surface area contributed by atoms with Crippen LogP contribution in [0.3, 0.4) is 0 Å². The highest BCUT2D eigenvalue weighted by Gasteiger charge is 2.07. The highest BCUT2D eigenvalue weighted by Crippen LogP contribution is 2.25. The number of rotatable bonds is 5. The molecule has 0 fully saturated rings. The van der Waals surface area contributed by atoms with Gasteiger partial charge in [0.05, 0.1) is 7.11 Å². The summed E-state index contributed by atoms with van der Waals surface area (Å²) >= 11 is 8.25. The van der Waals surface area contributed by atoms with Crippen LogP contribution in [0, 0.1) is 3.57 Å². The maximum atomic E-state index is 5.97. The highest BCUT2D eigenvalue weighted by molar-refractivity contribution is 14.1. The van der Waals surface area contributed by atoms with Gasteiger partial charge in [0, 0.05) is 32.5 Å². The molecule has 0 bridgehead atoms. The van der Waals surface area contributed by atoms with Crippen molar-refractivity contribution in [2.75, 3.05) is 12.4 Å². The predicted octanol–water partition coefficient (Wildman–Crippen LogP) is 5.68. The molecule has 0 unspecified atom stereocenters. The molecule has 3 aromatic rings. The average Bonchev–Trinajstić information content (AvgIpc) is 2.60. The van der Waals surface area contributed by atoms with Gasteiger partial charge in [-0.25, -0.2) is 4.98 Å². The predicted molar refractivity (Wildman–Crippen MR) is 107 cm³/mol. The summed E-state index contributed by atoms with van der Waals surface area (Å²) in [4.78, 5) is 4.55. The van der Waals surface area contributed by atoms with Crippen molar-refractivity contribution in [2.45, 2.75) is 6.42 Å². The van der Waals surface area contributed by atoms with E-state index >= 15 is 0 Å². The Bertz CT molecular complexity index is 820. The third kappa shape index (κ3) is 4.39. The molecule has 0 saturated heterocycles. The zero-order valence-electron chi connectivity index (χ0n) is 13.1. The van der Waals surface area contributed by atoms with Crippen molar-refractivity contribution in [1.82, 2.24) is 4.98 Å². The molecule has 0 atom stereocenters. The number of hydrogen-bond acceptors (Lipinski definition) is 3. The van der Waals surface area contributed by atoms with Crippen molar-refractivity contribution in [3.8, 4) is 5.75 Å². The van der Waals surface area contributed by atoms with Crippen molar-refractivity contribution in [3.05, 3.63) is 80.5 Å².